The van der Waals surface area contributed by atoms with Crippen LogP contribution in [0.3, 0.4) is 0 Å². The lowest BCUT2D eigenvalue weighted by molar-refractivity contribution is -0.160. The maximum absolute atomic E-state index is 11.9. The first-order valence-corrected chi connectivity index (χ1v) is 7.78. The van der Waals surface area contributed by atoms with E-state index in [0.717, 1.165) is 6.42 Å². The fraction of sp³-hybridized carbons (Fsp3) is 0.571. The highest BCUT2D eigenvalue weighted by molar-refractivity contribution is 7.09. The average Bonchev–Trinajstić information content (AvgIpc) is 3.00. The van der Waals surface area contributed by atoms with E-state index in [-0.39, 0.29) is 12.5 Å². The van der Waals surface area contributed by atoms with Crippen LogP contribution >= 0.6 is 11.3 Å². The van der Waals surface area contributed by atoms with Gasteiger partial charge in [0.25, 0.3) is 0 Å². The summed E-state index contributed by atoms with van der Waals surface area (Å²) in [4.78, 5) is 26.5. The number of hydrogen-bond acceptors (Lipinski definition) is 6. The van der Waals surface area contributed by atoms with Crippen LogP contribution in [0.1, 0.15) is 4.88 Å². The van der Waals surface area contributed by atoms with Crippen molar-refractivity contribution in [3.05, 3.63) is 22.4 Å². The van der Waals surface area contributed by atoms with E-state index in [2.05, 4.69) is 16.1 Å². The summed E-state index contributed by atoms with van der Waals surface area (Å²) < 4.78 is 9.99. The van der Waals surface area contributed by atoms with Crippen LogP contribution in [0.5, 0.6) is 0 Å². The molecule has 6 nitrogen and oxygen atoms in total. The Hall–Kier alpha value is -1.44. The lowest BCUT2D eigenvalue weighted by Gasteiger charge is -2.30. The van der Waals surface area contributed by atoms with Crippen molar-refractivity contribution < 1.29 is 19.1 Å². The van der Waals surface area contributed by atoms with Crippen molar-refractivity contribution in [3.8, 4) is 0 Å². The highest BCUT2D eigenvalue weighted by atomic mass is 32.1. The highest BCUT2D eigenvalue weighted by Gasteiger charge is 2.28. The molecule has 0 bridgehead atoms. The molecule has 1 aliphatic rings. The maximum Gasteiger partial charge on any atom is 0.336 e. The van der Waals surface area contributed by atoms with Crippen molar-refractivity contribution in [2.45, 2.75) is 12.5 Å². The van der Waals surface area contributed by atoms with Crippen molar-refractivity contribution in [1.29, 1.82) is 0 Å². The SMILES string of the molecule is COC(=O)C1CN(CC(=O)NCCc2cccs2)CCO1. The third-order valence-electron chi connectivity index (χ3n) is 3.26. The molecule has 1 aromatic heterocycles. The van der Waals surface area contributed by atoms with Crippen LogP contribution in [0.25, 0.3) is 0 Å². The lowest BCUT2D eigenvalue weighted by atomic mass is 10.2. The Kier molecular flexibility index (Phi) is 6.16. The molecule has 0 saturated carbocycles. The Morgan fingerprint density at radius 1 is 1.57 bits per heavy atom. The van der Waals surface area contributed by atoms with Crippen molar-refractivity contribution in [3.63, 3.8) is 0 Å². The molecule has 1 aromatic rings. The molecule has 2 rings (SSSR count). The first kappa shape index (κ1) is 15.9. The molecule has 1 unspecified atom stereocenters. The Balaban J connectivity index is 1.68. The highest BCUT2D eigenvalue weighted by Crippen LogP contribution is 2.08. The summed E-state index contributed by atoms with van der Waals surface area (Å²) in [6.07, 6.45) is 0.250. The monoisotopic (exact) mass is 312 g/mol. The molecule has 0 spiro atoms. The molecule has 7 heteroatoms. The zero-order valence-corrected chi connectivity index (χ0v) is 12.9. The van der Waals surface area contributed by atoms with Gasteiger partial charge in [0.15, 0.2) is 6.10 Å². The number of carbonyl (C=O) groups is 2. The molecule has 21 heavy (non-hydrogen) atoms. The summed E-state index contributed by atoms with van der Waals surface area (Å²) in [7, 11) is 1.34. The van der Waals surface area contributed by atoms with Crippen LogP contribution < -0.4 is 5.32 Å². The van der Waals surface area contributed by atoms with E-state index in [0.29, 0.717) is 26.2 Å². The molecule has 1 aliphatic heterocycles. The quantitative estimate of drug-likeness (QED) is 0.764. The number of methoxy groups -OCH3 is 1. The molecular formula is C14H20N2O4S. The second-order valence-corrected chi connectivity index (χ2v) is 5.83. The second-order valence-electron chi connectivity index (χ2n) is 4.80. The minimum absolute atomic E-state index is 0.0305. The van der Waals surface area contributed by atoms with Gasteiger partial charge in [-0.15, -0.1) is 11.3 Å². The number of hydrogen-bond donors (Lipinski definition) is 1. The van der Waals surface area contributed by atoms with Gasteiger partial charge >= 0.3 is 5.97 Å². The van der Waals surface area contributed by atoms with Gasteiger partial charge in [-0.25, -0.2) is 4.79 Å². The number of nitrogens with zero attached hydrogens (tertiary/aromatic N) is 1. The fourth-order valence-corrected chi connectivity index (χ4v) is 2.87. The third kappa shape index (κ3) is 5.11. The topological polar surface area (TPSA) is 67.9 Å². The Morgan fingerprint density at radius 3 is 3.14 bits per heavy atom. The van der Waals surface area contributed by atoms with Crippen LogP contribution in [-0.4, -0.2) is 62.8 Å². The van der Waals surface area contributed by atoms with Gasteiger partial charge in [-0.05, 0) is 17.9 Å². The lowest BCUT2D eigenvalue weighted by Crippen LogP contribution is -2.49. The molecule has 0 aromatic carbocycles. The van der Waals surface area contributed by atoms with Crippen LogP contribution in [0.4, 0.5) is 0 Å². The zero-order valence-electron chi connectivity index (χ0n) is 12.0. The summed E-state index contributed by atoms with van der Waals surface area (Å²) in [6.45, 7) is 2.38. The smallest absolute Gasteiger partial charge is 0.336 e. The van der Waals surface area contributed by atoms with E-state index in [4.69, 9.17) is 4.74 Å². The Morgan fingerprint density at radius 2 is 2.43 bits per heavy atom. The third-order valence-corrected chi connectivity index (χ3v) is 4.19. The number of ether oxygens (including phenoxy) is 2. The minimum atomic E-state index is -0.595. The van der Waals surface area contributed by atoms with Gasteiger partial charge in [0.1, 0.15) is 0 Å². The van der Waals surface area contributed by atoms with E-state index in [9.17, 15) is 9.59 Å². The van der Waals surface area contributed by atoms with Crippen molar-refractivity contribution in [1.82, 2.24) is 10.2 Å². The molecule has 1 fully saturated rings. The van der Waals surface area contributed by atoms with Gasteiger partial charge in [0.05, 0.1) is 20.3 Å². The first-order chi connectivity index (χ1) is 10.2. The van der Waals surface area contributed by atoms with Crippen LogP contribution in [0, 0.1) is 0 Å². The van der Waals surface area contributed by atoms with Crippen LogP contribution in [0.15, 0.2) is 17.5 Å². The van der Waals surface area contributed by atoms with E-state index < -0.39 is 12.1 Å². The van der Waals surface area contributed by atoms with Gasteiger partial charge in [-0.2, -0.15) is 0 Å². The van der Waals surface area contributed by atoms with E-state index in [1.165, 1.54) is 12.0 Å². The summed E-state index contributed by atoms with van der Waals surface area (Å²) in [5, 5.41) is 4.92. The number of nitrogens with one attached hydrogen (secondary N) is 1. The molecule has 1 atom stereocenters. The van der Waals surface area contributed by atoms with Gasteiger partial charge < -0.3 is 14.8 Å². The normalized spacial score (nSPS) is 19.2. The van der Waals surface area contributed by atoms with Gasteiger partial charge in [-0.1, -0.05) is 6.07 Å². The summed E-state index contributed by atoms with van der Waals surface area (Å²) in [5.41, 5.74) is 0. The number of morpholine rings is 1. The zero-order chi connectivity index (χ0) is 15.1. The number of carbonyl (C=O) groups excluding carboxylic acids is 2. The van der Waals surface area contributed by atoms with E-state index >= 15 is 0 Å². The van der Waals surface area contributed by atoms with Crippen molar-refractivity contribution in [2.75, 3.05) is 39.9 Å². The standard InChI is InChI=1S/C14H20N2O4S/c1-19-14(18)12-9-16(6-7-20-12)10-13(17)15-5-4-11-3-2-8-21-11/h2-3,8,12H,4-7,9-10H2,1H3,(H,15,17). The minimum Gasteiger partial charge on any atom is -0.467 e. The van der Waals surface area contributed by atoms with Crippen molar-refractivity contribution in [2.24, 2.45) is 0 Å². The largest absolute Gasteiger partial charge is 0.467 e. The first-order valence-electron chi connectivity index (χ1n) is 6.90. The molecule has 0 radical (unpaired) electrons. The molecule has 1 N–H and O–H groups in total. The summed E-state index contributed by atoms with van der Waals surface area (Å²) >= 11 is 1.69. The molecule has 1 amide bonds. The number of amides is 1. The summed E-state index contributed by atoms with van der Waals surface area (Å²) in [6, 6.07) is 4.06. The molecule has 116 valence electrons. The van der Waals surface area contributed by atoms with E-state index in [1.807, 2.05) is 16.3 Å². The number of rotatable bonds is 6. The Labute approximate surface area is 128 Å². The fourth-order valence-electron chi connectivity index (χ4n) is 2.16. The molecular weight excluding hydrogens is 292 g/mol. The Bertz CT molecular complexity index is 464. The van der Waals surface area contributed by atoms with Crippen LogP contribution in [-0.2, 0) is 25.5 Å². The number of thiophene rings is 1. The predicted octanol–water partition coefficient (Wildman–Crippen LogP) is 0.281. The van der Waals surface area contributed by atoms with Gasteiger partial charge in [0, 0.05) is 24.5 Å². The molecule has 0 aliphatic carbocycles. The number of esters is 1. The van der Waals surface area contributed by atoms with Gasteiger partial charge in [-0.3, -0.25) is 9.69 Å². The van der Waals surface area contributed by atoms with Crippen molar-refractivity contribution >= 4 is 23.2 Å². The second kappa shape index (κ2) is 8.11. The van der Waals surface area contributed by atoms with Gasteiger partial charge in [0.2, 0.25) is 5.91 Å². The predicted molar refractivity (Wildman–Crippen MR) is 79.2 cm³/mol. The van der Waals surface area contributed by atoms with Crippen LogP contribution in [0.2, 0.25) is 0 Å². The average molecular weight is 312 g/mol. The molecule has 2 heterocycles. The van der Waals surface area contributed by atoms with E-state index in [1.54, 1.807) is 11.3 Å². The molecule has 1 saturated heterocycles. The summed E-state index contributed by atoms with van der Waals surface area (Å²) in [5.74, 6) is -0.421. The maximum atomic E-state index is 11.9.